The van der Waals surface area contributed by atoms with Crippen LogP contribution < -0.4 is 26.1 Å². The summed E-state index contributed by atoms with van der Waals surface area (Å²) in [5, 5.41) is 38.2. The molecule has 13 heteroatoms. The van der Waals surface area contributed by atoms with E-state index in [1.807, 2.05) is 6.92 Å². The quantitative estimate of drug-likeness (QED) is 0.315. The second-order valence-corrected chi connectivity index (χ2v) is 8.30. The van der Waals surface area contributed by atoms with Crippen molar-refractivity contribution in [1.29, 1.82) is 0 Å². The molecule has 0 amide bonds. The fraction of sp³-hybridized carbons (Fsp3) is 0.429. The minimum absolute atomic E-state index is 0.0778. The average molecular weight is 514 g/mol. The number of rotatable bonds is 8. The number of halogens is 2. The smallest absolute Gasteiger partial charge is 0.492 e. The van der Waals surface area contributed by atoms with E-state index in [0.29, 0.717) is 38.0 Å². The number of aliphatic hydroxyl groups is 2. The molecule has 9 nitrogen and oxygen atoms in total. The predicted molar refractivity (Wildman–Crippen MR) is 130 cm³/mol. The van der Waals surface area contributed by atoms with Gasteiger partial charge in [-0.2, -0.15) is 0 Å². The van der Waals surface area contributed by atoms with E-state index >= 15 is 0 Å². The van der Waals surface area contributed by atoms with E-state index in [2.05, 4.69) is 0 Å². The monoisotopic (exact) mass is 513 g/mol. The van der Waals surface area contributed by atoms with Gasteiger partial charge in [0.2, 0.25) is 0 Å². The molecule has 184 valence electrons. The Kier molecular flexibility index (Phi) is 9.90. The summed E-state index contributed by atoms with van der Waals surface area (Å²) >= 11 is 12.2. The first-order valence-electron chi connectivity index (χ1n) is 10.9. The van der Waals surface area contributed by atoms with Crippen molar-refractivity contribution < 1.29 is 39.0 Å². The zero-order chi connectivity index (χ0) is 24.8. The van der Waals surface area contributed by atoms with Gasteiger partial charge < -0.3 is 44.8 Å². The van der Waals surface area contributed by atoms with E-state index in [1.54, 1.807) is 24.3 Å². The summed E-state index contributed by atoms with van der Waals surface area (Å²) in [6.07, 6.45) is 0.100. The van der Waals surface area contributed by atoms with Crippen LogP contribution >= 0.6 is 23.2 Å². The van der Waals surface area contributed by atoms with E-state index in [9.17, 15) is 10.0 Å². The molecule has 0 saturated heterocycles. The fourth-order valence-corrected chi connectivity index (χ4v) is 4.54. The van der Waals surface area contributed by atoms with Gasteiger partial charge in [-0.15, -0.1) is 0 Å². The van der Waals surface area contributed by atoms with Crippen LogP contribution in [-0.4, -0.2) is 67.5 Å². The molecule has 2 aromatic carbocycles. The summed E-state index contributed by atoms with van der Waals surface area (Å²) in [5.41, 5.74) is 8.09. The molecule has 2 aromatic rings. The molecule has 0 aliphatic carbocycles. The zero-order valence-electron chi connectivity index (χ0n) is 18.6. The molecule has 2 aliphatic rings. The lowest BCUT2D eigenvalue weighted by Gasteiger charge is -2.12. The van der Waals surface area contributed by atoms with Gasteiger partial charge >= 0.3 is 14.2 Å². The summed E-state index contributed by atoms with van der Waals surface area (Å²) in [5.74, 6) is 0.976. The molecule has 0 spiro atoms. The summed E-state index contributed by atoms with van der Waals surface area (Å²) < 4.78 is 21.4. The van der Waals surface area contributed by atoms with Crippen molar-refractivity contribution >= 4 is 48.4 Å². The highest BCUT2D eigenvalue weighted by molar-refractivity contribution is 6.64. The van der Waals surface area contributed by atoms with Gasteiger partial charge in [-0.3, -0.25) is 0 Å². The van der Waals surface area contributed by atoms with Crippen LogP contribution in [0.15, 0.2) is 24.3 Å². The van der Waals surface area contributed by atoms with Crippen molar-refractivity contribution in [3.8, 4) is 11.5 Å². The van der Waals surface area contributed by atoms with Crippen LogP contribution in [-0.2, 0) is 9.31 Å². The van der Waals surface area contributed by atoms with Crippen LogP contribution in [0.3, 0.4) is 0 Å². The van der Waals surface area contributed by atoms with Gasteiger partial charge in [0, 0.05) is 38.6 Å². The maximum absolute atomic E-state index is 9.86. The summed E-state index contributed by atoms with van der Waals surface area (Å²) in [6.45, 7) is 2.34. The summed E-state index contributed by atoms with van der Waals surface area (Å²) in [6, 6.07) is 6.71. The fourth-order valence-electron chi connectivity index (χ4n) is 3.96. The molecule has 0 radical (unpaired) electrons. The van der Waals surface area contributed by atoms with Crippen LogP contribution in [0.5, 0.6) is 11.5 Å². The number of ether oxygens (including phenoxy) is 2. The first kappa shape index (κ1) is 27.1. The molecule has 0 fully saturated rings. The maximum Gasteiger partial charge on any atom is 0.495 e. The Labute approximate surface area is 208 Å². The number of hydrogen-bond donors (Lipinski definition) is 5. The molecule has 6 N–H and O–H groups in total. The molecular weight excluding hydrogens is 487 g/mol. The Hall–Kier alpha value is -1.53. The molecular formula is C21H27B2Cl2NO8. The number of nitrogens with two attached hydrogens (primary N) is 1. The lowest BCUT2D eigenvalue weighted by Crippen LogP contribution is -2.30. The highest BCUT2D eigenvalue weighted by Gasteiger charge is 2.40. The maximum atomic E-state index is 9.86. The Balaban J connectivity index is 0.000000191. The summed E-state index contributed by atoms with van der Waals surface area (Å²) in [7, 11) is -2.10. The Bertz CT molecular complexity index is 909. The van der Waals surface area contributed by atoms with E-state index in [1.165, 1.54) is 0 Å². The van der Waals surface area contributed by atoms with Gasteiger partial charge in [-0.05, 0) is 30.7 Å². The largest absolute Gasteiger partial charge is 0.495 e. The molecule has 1 unspecified atom stereocenters. The van der Waals surface area contributed by atoms with Crippen molar-refractivity contribution in [2.45, 2.75) is 25.6 Å². The Morgan fingerprint density at radius 2 is 1.29 bits per heavy atom. The van der Waals surface area contributed by atoms with Gasteiger partial charge in [0.1, 0.15) is 24.7 Å². The van der Waals surface area contributed by atoms with Crippen LogP contribution in [0, 0.1) is 0 Å². The third kappa shape index (κ3) is 5.64. The van der Waals surface area contributed by atoms with E-state index in [0.717, 1.165) is 12.0 Å². The first-order valence-corrected chi connectivity index (χ1v) is 11.6. The molecule has 2 heterocycles. The lowest BCUT2D eigenvalue weighted by atomic mass is 9.78. The average Bonchev–Trinajstić information content (AvgIpc) is 3.37. The van der Waals surface area contributed by atoms with Gasteiger partial charge in [0.25, 0.3) is 0 Å². The van der Waals surface area contributed by atoms with Gasteiger partial charge in [-0.1, -0.05) is 30.1 Å². The van der Waals surface area contributed by atoms with Gasteiger partial charge in [-0.25, -0.2) is 0 Å². The predicted octanol–water partition coefficient (Wildman–Crippen LogP) is 0.309. The van der Waals surface area contributed by atoms with Crippen LogP contribution in [0.25, 0.3) is 0 Å². The van der Waals surface area contributed by atoms with Gasteiger partial charge in [0.15, 0.2) is 0 Å². The first-order chi connectivity index (χ1) is 16.4. The van der Waals surface area contributed by atoms with E-state index in [-0.39, 0.29) is 39.1 Å². The SMILES string of the molecule is CCC1OB(O)c2c(OCCO)ccc(Cl)c21.NC[C@H]1OB(O)c2c(OCCO)ccc(Cl)c21. The highest BCUT2D eigenvalue weighted by atomic mass is 35.5. The lowest BCUT2D eigenvalue weighted by molar-refractivity contribution is 0.186. The molecule has 2 aliphatic heterocycles. The van der Waals surface area contributed by atoms with Crippen LogP contribution in [0.4, 0.5) is 0 Å². The number of fused-ring (bicyclic) bond motifs is 2. The minimum Gasteiger partial charge on any atom is -0.492 e. The topological polar surface area (TPSA) is 144 Å². The number of benzene rings is 2. The summed E-state index contributed by atoms with van der Waals surface area (Å²) in [4.78, 5) is 0. The Morgan fingerprint density at radius 1 is 0.853 bits per heavy atom. The zero-order valence-corrected chi connectivity index (χ0v) is 20.1. The second kappa shape index (κ2) is 12.4. The standard InChI is InChI=1S/C11H14BClO4.C10H13BClNO4/c1-2-8-10-7(13)3-4-9(16-6-5-14)11(10)12(15)17-8;12-6-1-2-7(16-4-3-14)10-9(6)8(5-13)17-11(10)15/h3-4,8,14-15H,2,5-6H2,1H3;1-2,8,14-15H,3-5,13H2/t;8-/m.1/s1. The molecule has 2 atom stereocenters. The Morgan fingerprint density at radius 3 is 1.71 bits per heavy atom. The van der Waals surface area contributed by atoms with E-state index < -0.39 is 20.3 Å². The third-order valence-electron chi connectivity index (χ3n) is 5.39. The molecule has 0 aromatic heterocycles. The van der Waals surface area contributed by atoms with Gasteiger partial charge in [0.05, 0.1) is 25.4 Å². The van der Waals surface area contributed by atoms with Crippen molar-refractivity contribution in [3.63, 3.8) is 0 Å². The minimum atomic E-state index is -1.09. The third-order valence-corrected chi connectivity index (χ3v) is 6.05. The van der Waals surface area contributed by atoms with Crippen molar-refractivity contribution in [2.24, 2.45) is 5.73 Å². The van der Waals surface area contributed by atoms with Crippen molar-refractivity contribution in [3.05, 3.63) is 45.4 Å². The molecule has 4 rings (SSSR count). The molecule has 0 saturated carbocycles. The molecule has 34 heavy (non-hydrogen) atoms. The molecule has 0 bridgehead atoms. The van der Waals surface area contributed by atoms with Crippen LogP contribution in [0.2, 0.25) is 10.0 Å². The number of hydrogen-bond acceptors (Lipinski definition) is 9. The second-order valence-electron chi connectivity index (χ2n) is 7.49. The van der Waals surface area contributed by atoms with Crippen molar-refractivity contribution in [2.75, 3.05) is 33.0 Å². The number of aliphatic hydroxyl groups excluding tert-OH is 2. The van der Waals surface area contributed by atoms with Crippen molar-refractivity contribution in [1.82, 2.24) is 0 Å². The highest BCUT2D eigenvalue weighted by Crippen LogP contribution is 2.35. The van der Waals surface area contributed by atoms with E-state index in [4.69, 9.17) is 57.9 Å². The van der Waals surface area contributed by atoms with Crippen LogP contribution in [0.1, 0.15) is 36.7 Å². The normalized spacial score (nSPS) is 18.4.